The Morgan fingerprint density at radius 3 is 2.41 bits per heavy atom. The van der Waals surface area contributed by atoms with Crippen LogP contribution in [0.2, 0.25) is 0 Å². The van der Waals surface area contributed by atoms with Gasteiger partial charge in [-0.05, 0) is 85.4 Å². The van der Waals surface area contributed by atoms with Crippen LogP contribution in [0, 0.1) is 40.4 Å². The molecule has 126 valence electrons. The predicted molar refractivity (Wildman–Crippen MR) is 90.4 cm³/mol. The van der Waals surface area contributed by atoms with E-state index in [1.165, 1.54) is 57.8 Å². The third-order valence-corrected chi connectivity index (χ3v) is 9.23. The minimum Gasteiger partial charge on any atom is -0.247 e. The molecule has 0 N–H and O–H groups in total. The van der Waals surface area contributed by atoms with Crippen LogP contribution in [0.3, 0.4) is 0 Å². The first kappa shape index (κ1) is 15.5. The molecule has 0 spiro atoms. The zero-order valence-electron chi connectivity index (χ0n) is 14.9. The first-order valence-corrected chi connectivity index (χ1v) is 10.1. The van der Waals surface area contributed by atoms with Crippen LogP contribution in [0.4, 0.5) is 4.39 Å². The SMILES string of the molecule is CC[C@H]1CC[C@H]2[C@@H]3C[C@H](F)C4CCCC[C@]4(C)[C@H]3CC[C@]12C. The molecule has 0 bridgehead atoms. The Morgan fingerprint density at radius 1 is 0.864 bits per heavy atom. The maximum Gasteiger partial charge on any atom is 0.104 e. The van der Waals surface area contributed by atoms with Gasteiger partial charge in [0.2, 0.25) is 0 Å². The lowest BCUT2D eigenvalue weighted by Gasteiger charge is -2.61. The lowest BCUT2D eigenvalue weighted by Crippen LogP contribution is -2.56. The fourth-order valence-electron chi connectivity index (χ4n) is 8.08. The highest BCUT2D eigenvalue weighted by Gasteiger charge is 2.61. The zero-order valence-corrected chi connectivity index (χ0v) is 14.9. The van der Waals surface area contributed by atoms with Gasteiger partial charge < -0.3 is 0 Å². The molecule has 0 aliphatic heterocycles. The van der Waals surface area contributed by atoms with Crippen LogP contribution in [0.15, 0.2) is 0 Å². The number of rotatable bonds is 1. The van der Waals surface area contributed by atoms with Crippen LogP contribution < -0.4 is 0 Å². The Bertz CT molecular complexity index is 432. The fourth-order valence-corrected chi connectivity index (χ4v) is 8.08. The second-order valence-corrected chi connectivity index (χ2v) is 9.71. The number of hydrogen-bond acceptors (Lipinski definition) is 0. The summed E-state index contributed by atoms with van der Waals surface area (Å²) in [5.41, 5.74) is 0.861. The normalized spacial score (nSPS) is 57.8. The van der Waals surface area contributed by atoms with E-state index in [1.54, 1.807) is 0 Å². The van der Waals surface area contributed by atoms with E-state index in [2.05, 4.69) is 20.8 Å². The molecule has 0 saturated heterocycles. The standard InChI is InChI=1S/C21H35F/c1-4-14-8-9-16-15-13-19(22)18-7-5-6-11-21(18,3)17(15)10-12-20(14,16)2/h14-19H,4-13H2,1-3H3/t14-,15-,16-,17-,18?,19-,20+,21+/m0/s1. The van der Waals surface area contributed by atoms with Crippen molar-refractivity contribution in [3.05, 3.63) is 0 Å². The van der Waals surface area contributed by atoms with E-state index in [9.17, 15) is 0 Å². The second-order valence-electron chi connectivity index (χ2n) is 9.71. The molecule has 0 aromatic heterocycles. The van der Waals surface area contributed by atoms with Crippen molar-refractivity contribution in [2.45, 2.75) is 91.2 Å². The molecule has 4 saturated carbocycles. The highest BCUT2D eigenvalue weighted by molar-refractivity contribution is 5.10. The molecular formula is C21H35F. The van der Waals surface area contributed by atoms with Crippen molar-refractivity contribution in [3.8, 4) is 0 Å². The topological polar surface area (TPSA) is 0 Å². The maximum absolute atomic E-state index is 15.1. The molecule has 8 atom stereocenters. The van der Waals surface area contributed by atoms with Crippen molar-refractivity contribution in [3.63, 3.8) is 0 Å². The van der Waals surface area contributed by atoms with Gasteiger partial charge in [-0.2, -0.15) is 0 Å². The predicted octanol–water partition coefficient (Wildman–Crippen LogP) is 6.39. The smallest absolute Gasteiger partial charge is 0.104 e. The Kier molecular flexibility index (Phi) is 3.66. The summed E-state index contributed by atoms with van der Waals surface area (Å²) in [6.07, 6.45) is 12.5. The molecular weight excluding hydrogens is 271 g/mol. The van der Waals surface area contributed by atoms with Crippen LogP contribution >= 0.6 is 0 Å². The molecule has 22 heavy (non-hydrogen) atoms. The summed E-state index contributed by atoms with van der Waals surface area (Å²) in [6.45, 7) is 7.43. The number of alkyl halides is 1. The van der Waals surface area contributed by atoms with Crippen LogP contribution in [0.5, 0.6) is 0 Å². The molecule has 4 aliphatic rings. The van der Waals surface area contributed by atoms with E-state index >= 15 is 4.39 Å². The van der Waals surface area contributed by atoms with Gasteiger partial charge in [0.25, 0.3) is 0 Å². The molecule has 4 rings (SSSR count). The lowest BCUT2D eigenvalue weighted by molar-refractivity contribution is -0.139. The molecule has 0 radical (unpaired) electrons. The summed E-state index contributed by atoms with van der Waals surface area (Å²) in [5, 5.41) is 0. The highest BCUT2D eigenvalue weighted by Crippen LogP contribution is 2.68. The summed E-state index contributed by atoms with van der Waals surface area (Å²) in [5.74, 6) is 3.65. The molecule has 4 fully saturated rings. The first-order chi connectivity index (χ1) is 10.5. The summed E-state index contributed by atoms with van der Waals surface area (Å²) < 4.78 is 15.1. The van der Waals surface area contributed by atoms with Crippen molar-refractivity contribution in [2.24, 2.45) is 40.4 Å². The van der Waals surface area contributed by atoms with Gasteiger partial charge in [0, 0.05) is 0 Å². The Morgan fingerprint density at radius 2 is 1.64 bits per heavy atom. The van der Waals surface area contributed by atoms with Gasteiger partial charge in [0.05, 0.1) is 0 Å². The van der Waals surface area contributed by atoms with Crippen LogP contribution in [0.25, 0.3) is 0 Å². The minimum atomic E-state index is -0.505. The molecule has 0 heterocycles. The van der Waals surface area contributed by atoms with E-state index in [0.717, 1.165) is 24.2 Å². The van der Waals surface area contributed by atoms with Crippen molar-refractivity contribution in [2.75, 3.05) is 0 Å². The number of halogens is 1. The van der Waals surface area contributed by atoms with E-state index in [0.29, 0.717) is 22.7 Å². The summed E-state index contributed by atoms with van der Waals surface area (Å²) >= 11 is 0. The average Bonchev–Trinajstić information content (AvgIpc) is 2.84. The van der Waals surface area contributed by atoms with Gasteiger partial charge in [-0.25, -0.2) is 4.39 Å². The largest absolute Gasteiger partial charge is 0.247 e. The van der Waals surface area contributed by atoms with Crippen molar-refractivity contribution in [1.29, 1.82) is 0 Å². The Balaban J connectivity index is 1.66. The maximum atomic E-state index is 15.1. The quantitative estimate of drug-likeness (QED) is 0.526. The minimum absolute atomic E-state index is 0.326. The number of hydrogen-bond donors (Lipinski definition) is 0. The van der Waals surface area contributed by atoms with Gasteiger partial charge in [-0.1, -0.05) is 40.0 Å². The second kappa shape index (κ2) is 5.21. The van der Waals surface area contributed by atoms with Gasteiger partial charge in [-0.15, -0.1) is 0 Å². The molecule has 1 unspecified atom stereocenters. The van der Waals surface area contributed by atoms with Crippen molar-refractivity contribution >= 4 is 0 Å². The Labute approximate surface area is 136 Å². The van der Waals surface area contributed by atoms with Gasteiger partial charge >= 0.3 is 0 Å². The van der Waals surface area contributed by atoms with Crippen molar-refractivity contribution in [1.82, 2.24) is 0 Å². The molecule has 0 aromatic rings. The van der Waals surface area contributed by atoms with E-state index in [-0.39, 0.29) is 0 Å². The third kappa shape index (κ3) is 1.92. The zero-order chi connectivity index (χ0) is 15.5. The van der Waals surface area contributed by atoms with E-state index in [1.807, 2.05) is 0 Å². The van der Waals surface area contributed by atoms with Crippen LogP contribution in [-0.2, 0) is 0 Å². The summed E-state index contributed by atoms with van der Waals surface area (Å²) in [4.78, 5) is 0. The van der Waals surface area contributed by atoms with E-state index < -0.39 is 6.17 Å². The first-order valence-electron chi connectivity index (χ1n) is 10.1. The van der Waals surface area contributed by atoms with Crippen molar-refractivity contribution < 1.29 is 4.39 Å². The molecule has 1 heteroatoms. The summed E-state index contributed by atoms with van der Waals surface area (Å²) in [7, 11) is 0. The van der Waals surface area contributed by atoms with Crippen LogP contribution in [0.1, 0.15) is 85.0 Å². The molecule has 4 aliphatic carbocycles. The molecule has 0 aromatic carbocycles. The molecule has 0 nitrogen and oxygen atoms in total. The Hall–Kier alpha value is -0.0700. The third-order valence-electron chi connectivity index (χ3n) is 9.23. The van der Waals surface area contributed by atoms with E-state index in [4.69, 9.17) is 0 Å². The highest BCUT2D eigenvalue weighted by atomic mass is 19.1. The van der Waals surface area contributed by atoms with Gasteiger partial charge in [-0.3, -0.25) is 0 Å². The van der Waals surface area contributed by atoms with Crippen LogP contribution in [-0.4, -0.2) is 6.17 Å². The number of fused-ring (bicyclic) bond motifs is 5. The lowest BCUT2D eigenvalue weighted by atomic mass is 9.44. The van der Waals surface area contributed by atoms with Gasteiger partial charge in [0.1, 0.15) is 6.17 Å². The monoisotopic (exact) mass is 306 g/mol. The average molecular weight is 307 g/mol. The molecule has 0 amide bonds. The van der Waals surface area contributed by atoms with Gasteiger partial charge in [0.15, 0.2) is 0 Å². The fraction of sp³-hybridized carbons (Fsp3) is 1.00. The summed E-state index contributed by atoms with van der Waals surface area (Å²) in [6, 6.07) is 0.